The number of aromatic nitrogens is 1. The van der Waals surface area contributed by atoms with E-state index in [1.54, 1.807) is 18.2 Å². The Bertz CT molecular complexity index is 619. The van der Waals surface area contributed by atoms with E-state index in [-0.39, 0.29) is 23.1 Å². The number of benzene rings is 1. The van der Waals surface area contributed by atoms with E-state index in [1.165, 1.54) is 18.3 Å². The molecule has 98 valence electrons. The van der Waals surface area contributed by atoms with Crippen LogP contribution in [-0.4, -0.2) is 10.9 Å². The van der Waals surface area contributed by atoms with E-state index in [0.717, 1.165) is 0 Å². The largest absolute Gasteiger partial charge is 0.380 e. The second-order valence-electron chi connectivity index (χ2n) is 3.86. The van der Waals surface area contributed by atoms with E-state index in [2.05, 4.69) is 10.3 Å². The van der Waals surface area contributed by atoms with Crippen LogP contribution in [0.5, 0.6) is 0 Å². The minimum atomic E-state index is -0.625. The van der Waals surface area contributed by atoms with Crippen molar-refractivity contribution in [3.8, 4) is 0 Å². The van der Waals surface area contributed by atoms with Gasteiger partial charge >= 0.3 is 0 Å². The summed E-state index contributed by atoms with van der Waals surface area (Å²) >= 11 is 5.76. The van der Waals surface area contributed by atoms with Crippen molar-refractivity contribution in [3.63, 3.8) is 0 Å². The van der Waals surface area contributed by atoms with Crippen LogP contribution >= 0.6 is 11.6 Å². The Hall–Kier alpha value is -2.14. The summed E-state index contributed by atoms with van der Waals surface area (Å²) in [7, 11) is 0. The smallest absolute Gasteiger partial charge is 0.252 e. The number of rotatable bonds is 4. The minimum absolute atomic E-state index is 0.209. The van der Waals surface area contributed by atoms with Crippen LogP contribution in [0, 0.1) is 5.82 Å². The van der Waals surface area contributed by atoms with E-state index in [4.69, 9.17) is 17.3 Å². The molecule has 1 heterocycles. The average molecular weight is 280 g/mol. The summed E-state index contributed by atoms with van der Waals surface area (Å²) in [4.78, 5) is 15.0. The molecule has 0 aliphatic rings. The summed E-state index contributed by atoms with van der Waals surface area (Å²) in [5, 5.41) is 3.15. The zero-order chi connectivity index (χ0) is 13.8. The molecule has 4 nitrogen and oxygen atoms in total. The first-order valence-electron chi connectivity index (χ1n) is 5.50. The van der Waals surface area contributed by atoms with Gasteiger partial charge in [-0.2, -0.15) is 0 Å². The fourth-order valence-corrected chi connectivity index (χ4v) is 1.76. The molecule has 0 radical (unpaired) electrons. The van der Waals surface area contributed by atoms with E-state index in [1.807, 2.05) is 0 Å². The Labute approximate surface area is 114 Å². The molecule has 0 aliphatic heterocycles. The van der Waals surface area contributed by atoms with Gasteiger partial charge in [-0.1, -0.05) is 29.8 Å². The number of pyridine rings is 1. The van der Waals surface area contributed by atoms with Gasteiger partial charge in [0.15, 0.2) is 0 Å². The summed E-state index contributed by atoms with van der Waals surface area (Å²) in [5.41, 5.74) is 6.34. The van der Waals surface area contributed by atoms with Gasteiger partial charge in [0.25, 0.3) is 5.91 Å². The zero-order valence-electron chi connectivity index (χ0n) is 9.86. The molecule has 0 saturated heterocycles. The van der Waals surface area contributed by atoms with Gasteiger partial charge < -0.3 is 11.1 Å². The third-order valence-electron chi connectivity index (χ3n) is 2.56. The van der Waals surface area contributed by atoms with Gasteiger partial charge in [-0.15, -0.1) is 0 Å². The maximum absolute atomic E-state index is 13.5. The van der Waals surface area contributed by atoms with Gasteiger partial charge in [-0.25, -0.2) is 9.37 Å². The highest BCUT2D eigenvalue weighted by Gasteiger charge is 2.10. The normalized spacial score (nSPS) is 10.2. The number of primary amides is 1. The Balaban J connectivity index is 2.22. The summed E-state index contributed by atoms with van der Waals surface area (Å²) in [6.07, 6.45) is 1.29. The van der Waals surface area contributed by atoms with Crippen LogP contribution < -0.4 is 11.1 Å². The number of amides is 1. The number of hydrogen-bond acceptors (Lipinski definition) is 3. The Kier molecular flexibility index (Phi) is 3.97. The van der Waals surface area contributed by atoms with Crippen molar-refractivity contribution in [1.82, 2.24) is 4.98 Å². The fourth-order valence-electron chi connectivity index (χ4n) is 1.60. The van der Waals surface area contributed by atoms with Crippen LogP contribution in [0.3, 0.4) is 0 Å². The van der Waals surface area contributed by atoms with Gasteiger partial charge in [-0.3, -0.25) is 4.79 Å². The number of anilines is 1. The molecule has 1 amide bonds. The molecular formula is C13H11ClFN3O. The minimum Gasteiger partial charge on any atom is -0.380 e. The maximum Gasteiger partial charge on any atom is 0.252 e. The lowest BCUT2D eigenvalue weighted by Crippen LogP contribution is -2.15. The van der Waals surface area contributed by atoms with Crippen molar-refractivity contribution in [2.24, 2.45) is 5.73 Å². The molecule has 1 aromatic heterocycles. The molecule has 6 heteroatoms. The highest BCUT2D eigenvalue weighted by atomic mass is 35.5. The van der Waals surface area contributed by atoms with Crippen LogP contribution in [0.15, 0.2) is 36.5 Å². The standard InChI is InChI=1S/C13H11ClFN3O/c14-12-5-11(9(7-18-12)13(16)19)17-6-8-3-1-2-4-10(8)15/h1-5,7H,6H2,(H2,16,19)(H,17,18). The summed E-state index contributed by atoms with van der Waals surface area (Å²) in [6, 6.07) is 7.83. The second kappa shape index (κ2) is 5.67. The van der Waals surface area contributed by atoms with Gasteiger partial charge in [0.1, 0.15) is 11.0 Å². The number of nitrogens with one attached hydrogen (secondary N) is 1. The molecule has 0 atom stereocenters. The first kappa shape index (κ1) is 13.3. The fraction of sp³-hybridized carbons (Fsp3) is 0.0769. The number of halogens is 2. The predicted octanol–water partition coefficient (Wildman–Crippen LogP) is 2.59. The third-order valence-corrected chi connectivity index (χ3v) is 2.77. The first-order chi connectivity index (χ1) is 9.08. The lowest BCUT2D eigenvalue weighted by Gasteiger charge is -2.10. The number of carbonyl (C=O) groups excluding carboxylic acids is 1. The Morgan fingerprint density at radius 2 is 2.16 bits per heavy atom. The van der Waals surface area contributed by atoms with E-state index >= 15 is 0 Å². The Morgan fingerprint density at radius 1 is 1.42 bits per heavy atom. The SMILES string of the molecule is NC(=O)c1cnc(Cl)cc1NCc1ccccc1F. The monoisotopic (exact) mass is 279 g/mol. The quantitative estimate of drug-likeness (QED) is 0.845. The number of nitrogens with zero attached hydrogens (tertiary/aromatic N) is 1. The summed E-state index contributed by atoms with van der Waals surface area (Å²) < 4.78 is 13.5. The number of carbonyl (C=O) groups is 1. The van der Waals surface area contributed by atoms with Crippen molar-refractivity contribution in [2.75, 3.05) is 5.32 Å². The molecule has 0 unspecified atom stereocenters. The lowest BCUT2D eigenvalue weighted by molar-refractivity contribution is 0.100. The molecule has 2 rings (SSSR count). The second-order valence-corrected chi connectivity index (χ2v) is 4.25. The van der Waals surface area contributed by atoms with Gasteiger partial charge in [0.05, 0.1) is 11.3 Å². The zero-order valence-corrected chi connectivity index (χ0v) is 10.6. The molecule has 0 spiro atoms. The maximum atomic E-state index is 13.5. The van der Waals surface area contributed by atoms with Crippen molar-refractivity contribution >= 4 is 23.2 Å². The molecule has 0 fully saturated rings. The first-order valence-corrected chi connectivity index (χ1v) is 5.88. The van der Waals surface area contributed by atoms with Crippen LogP contribution in [0.25, 0.3) is 0 Å². The van der Waals surface area contributed by atoms with Crippen molar-refractivity contribution in [2.45, 2.75) is 6.54 Å². The molecule has 3 N–H and O–H groups in total. The van der Waals surface area contributed by atoms with Crippen molar-refractivity contribution < 1.29 is 9.18 Å². The van der Waals surface area contributed by atoms with E-state index in [9.17, 15) is 9.18 Å². The molecule has 0 aliphatic carbocycles. The molecule has 19 heavy (non-hydrogen) atoms. The number of hydrogen-bond donors (Lipinski definition) is 2. The van der Waals surface area contributed by atoms with Crippen LogP contribution in [0.4, 0.5) is 10.1 Å². The average Bonchev–Trinajstić information content (AvgIpc) is 2.37. The molecule has 0 saturated carbocycles. The highest BCUT2D eigenvalue weighted by Crippen LogP contribution is 2.19. The molecule has 0 bridgehead atoms. The summed E-state index contributed by atoms with van der Waals surface area (Å²) in [5.74, 6) is -0.948. The van der Waals surface area contributed by atoms with Gasteiger partial charge in [0, 0.05) is 18.3 Å². The van der Waals surface area contributed by atoms with Gasteiger partial charge in [-0.05, 0) is 12.1 Å². The third kappa shape index (κ3) is 3.20. The van der Waals surface area contributed by atoms with E-state index in [0.29, 0.717) is 11.3 Å². The summed E-state index contributed by atoms with van der Waals surface area (Å²) in [6.45, 7) is 0.216. The van der Waals surface area contributed by atoms with Gasteiger partial charge in [0.2, 0.25) is 0 Å². The molecule has 2 aromatic rings. The number of nitrogens with two attached hydrogens (primary N) is 1. The van der Waals surface area contributed by atoms with E-state index < -0.39 is 5.91 Å². The topological polar surface area (TPSA) is 68.0 Å². The van der Waals surface area contributed by atoms with Crippen LogP contribution in [0.1, 0.15) is 15.9 Å². The highest BCUT2D eigenvalue weighted by molar-refractivity contribution is 6.29. The predicted molar refractivity (Wildman–Crippen MR) is 71.5 cm³/mol. The van der Waals surface area contributed by atoms with Crippen molar-refractivity contribution in [3.05, 3.63) is 58.6 Å². The Morgan fingerprint density at radius 3 is 2.84 bits per heavy atom. The molecule has 1 aromatic carbocycles. The van der Waals surface area contributed by atoms with Crippen LogP contribution in [0.2, 0.25) is 5.15 Å². The molecular weight excluding hydrogens is 269 g/mol. The lowest BCUT2D eigenvalue weighted by atomic mass is 10.2. The van der Waals surface area contributed by atoms with Crippen molar-refractivity contribution in [1.29, 1.82) is 0 Å². The van der Waals surface area contributed by atoms with Crippen LogP contribution in [-0.2, 0) is 6.54 Å².